The van der Waals surface area contributed by atoms with Gasteiger partial charge in [-0.25, -0.2) is 0 Å². The molecule has 8 heteroatoms. The van der Waals surface area contributed by atoms with Crippen molar-refractivity contribution in [2.45, 2.75) is 26.1 Å². The summed E-state index contributed by atoms with van der Waals surface area (Å²) < 4.78 is 18.7. The van der Waals surface area contributed by atoms with Gasteiger partial charge in [0, 0.05) is 45.1 Å². The molecule has 0 amide bonds. The van der Waals surface area contributed by atoms with Crippen molar-refractivity contribution in [2.24, 2.45) is 0 Å². The van der Waals surface area contributed by atoms with Crippen LogP contribution in [0.3, 0.4) is 0 Å². The Hall–Kier alpha value is -2.13. The van der Waals surface area contributed by atoms with E-state index in [4.69, 9.17) is 14.2 Å². The Kier molecular flexibility index (Phi) is 8.95. The van der Waals surface area contributed by atoms with Crippen LogP contribution in [0.2, 0.25) is 0 Å². The summed E-state index contributed by atoms with van der Waals surface area (Å²) >= 11 is 0. The molecule has 1 saturated heterocycles. The van der Waals surface area contributed by atoms with Crippen molar-refractivity contribution in [1.29, 1.82) is 0 Å². The smallest absolute Gasteiger partial charge is 0.161 e. The van der Waals surface area contributed by atoms with Crippen LogP contribution in [-0.4, -0.2) is 90.4 Å². The van der Waals surface area contributed by atoms with E-state index in [1.165, 1.54) is 0 Å². The minimum absolute atomic E-state index is 0.234. The van der Waals surface area contributed by atoms with Crippen LogP contribution in [0.15, 0.2) is 36.7 Å². The highest BCUT2D eigenvalue weighted by Gasteiger charge is 2.16. The highest BCUT2D eigenvalue weighted by atomic mass is 16.5. The number of nitrogens with zero attached hydrogens (tertiary/aromatic N) is 4. The van der Waals surface area contributed by atoms with Crippen LogP contribution < -0.4 is 9.47 Å². The molecule has 1 atom stereocenters. The summed E-state index contributed by atoms with van der Waals surface area (Å²) in [4.78, 5) is 4.56. The number of β-amino-alcohol motifs (C(OH)–C–C–N with tert-alkyl or cyclic N) is 1. The van der Waals surface area contributed by atoms with Crippen molar-refractivity contribution in [2.75, 3.05) is 59.7 Å². The Labute approximate surface area is 178 Å². The first-order valence-electron chi connectivity index (χ1n) is 10.7. The zero-order valence-corrected chi connectivity index (χ0v) is 18.1. The molecule has 1 aromatic carbocycles. The topological polar surface area (TPSA) is 72.2 Å². The highest BCUT2D eigenvalue weighted by Crippen LogP contribution is 2.28. The molecule has 1 aliphatic heterocycles. The normalized spacial score (nSPS) is 16.0. The lowest BCUT2D eigenvalue weighted by Crippen LogP contribution is -2.42. The van der Waals surface area contributed by atoms with Gasteiger partial charge in [0.1, 0.15) is 12.7 Å². The maximum atomic E-state index is 10.3. The van der Waals surface area contributed by atoms with E-state index in [1.807, 2.05) is 29.1 Å². The number of aliphatic hydroxyl groups excluding tert-OH is 1. The third-order valence-electron chi connectivity index (χ3n) is 5.29. The van der Waals surface area contributed by atoms with Gasteiger partial charge in [-0.1, -0.05) is 13.0 Å². The molecule has 3 rings (SSSR count). The van der Waals surface area contributed by atoms with Gasteiger partial charge in [0.2, 0.25) is 0 Å². The van der Waals surface area contributed by atoms with Crippen molar-refractivity contribution in [3.05, 3.63) is 42.2 Å². The number of morpholine rings is 1. The van der Waals surface area contributed by atoms with Gasteiger partial charge in [0.05, 0.1) is 26.9 Å². The number of aliphatic hydroxyl groups is 1. The van der Waals surface area contributed by atoms with Crippen molar-refractivity contribution < 1.29 is 19.3 Å². The van der Waals surface area contributed by atoms with E-state index in [1.54, 1.807) is 13.3 Å². The van der Waals surface area contributed by atoms with Gasteiger partial charge in [-0.2, -0.15) is 5.10 Å². The number of benzene rings is 1. The molecule has 0 unspecified atom stereocenters. The van der Waals surface area contributed by atoms with Gasteiger partial charge < -0.3 is 19.3 Å². The van der Waals surface area contributed by atoms with E-state index < -0.39 is 6.10 Å². The Balaban J connectivity index is 1.50. The standard InChI is InChI=1S/C22H34N4O4/c1-3-24(9-10-26-8-4-7-23-26)16-19-5-6-21(22(15-19)28-2)30-18-20(27)17-25-11-13-29-14-12-25/h4-8,15,20,27H,3,9-14,16-18H2,1-2H3/t20-/m1/s1. The number of aromatic nitrogens is 2. The zero-order chi connectivity index (χ0) is 21.2. The van der Waals surface area contributed by atoms with Crippen molar-refractivity contribution in [3.8, 4) is 11.5 Å². The maximum absolute atomic E-state index is 10.3. The summed E-state index contributed by atoms with van der Waals surface area (Å²) in [6.45, 7) is 9.69. The van der Waals surface area contributed by atoms with E-state index in [2.05, 4.69) is 27.9 Å². The molecule has 30 heavy (non-hydrogen) atoms. The van der Waals surface area contributed by atoms with E-state index >= 15 is 0 Å². The summed E-state index contributed by atoms with van der Waals surface area (Å²) in [5.74, 6) is 1.34. The minimum atomic E-state index is -0.551. The first kappa shape index (κ1) is 22.6. The molecule has 0 saturated carbocycles. The fourth-order valence-electron chi connectivity index (χ4n) is 3.53. The van der Waals surface area contributed by atoms with Gasteiger partial charge in [0.15, 0.2) is 11.5 Å². The number of hydrogen-bond acceptors (Lipinski definition) is 7. The second kappa shape index (κ2) is 11.9. The quantitative estimate of drug-likeness (QED) is 0.560. The largest absolute Gasteiger partial charge is 0.493 e. The van der Waals surface area contributed by atoms with Crippen LogP contribution in [0.4, 0.5) is 0 Å². The Bertz CT molecular complexity index is 735. The predicted octanol–water partition coefficient (Wildman–Crippen LogP) is 1.49. The van der Waals surface area contributed by atoms with Gasteiger partial charge in [-0.05, 0) is 30.3 Å². The molecule has 2 aromatic rings. The first-order valence-corrected chi connectivity index (χ1v) is 10.7. The summed E-state index contributed by atoms with van der Waals surface area (Å²) in [6.07, 6.45) is 3.24. The summed E-state index contributed by atoms with van der Waals surface area (Å²) in [7, 11) is 1.64. The van der Waals surface area contributed by atoms with E-state index in [0.29, 0.717) is 18.0 Å². The second-order valence-corrected chi connectivity index (χ2v) is 7.50. The summed E-state index contributed by atoms with van der Waals surface area (Å²) in [6, 6.07) is 7.94. The molecule has 1 N–H and O–H groups in total. The SMILES string of the molecule is CCN(CCn1cccn1)Cc1ccc(OC[C@H](O)CN2CCOCC2)c(OC)c1. The minimum Gasteiger partial charge on any atom is -0.493 e. The number of ether oxygens (including phenoxy) is 3. The van der Waals surface area contributed by atoms with Crippen LogP contribution >= 0.6 is 0 Å². The molecule has 1 aromatic heterocycles. The van der Waals surface area contributed by atoms with Gasteiger partial charge in [-0.3, -0.25) is 14.5 Å². The van der Waals surface area contributed by atoms with Crippen LogP contribution in [-0.2, 0) is 17.8 Å². The Morgan fingerprint density at radius 1 is 1.27 bits per heavy atom. The molecule has 8 nitrogen and oxygen atoms in total. The summed E-state index contributed by atoms with van der Waals surface area (Å²) in [5.41, 5.74) is 1.16. The van der Waals surface area contributed by atoms with E-state index in [9.17, 15) is 5.11 Å². The lowest BCUT2D eigenvalue weighted by molar-refractivity contribution is 0.00445. The molecule has 0 radical (unpaired) electrons. The molecule has 0 bridgehead atoms. The van der Waals surface area contributed by atoms with Crippen molar-refractivity contribution in [3.63, 3.8) is 0 Å². The fourth-order valence-corrected chi connectivity index (χ4v) is 3.53. The number of likely N-dealkylation sites (N-methyl/N-ethyl adjacent to an activating group) is 1. The van der Waals surface area contributed by atoms with Crippen LogP contribution in [0.5, 0.6) is 11.5 Å². The Morgan fingerprint density at radius 3 is 2.80 bits per heavy atom. The molecular formula is C22H34N4O4. The van der Waals surface area contributed by atoms with E-state index in [0.717, 1.165) is 58.0 Å². The average Bonchev–Trinajstić information content (AvgIpc) is 3.30. The Morgan fingerprint density at radius 2 is 2.10 bits per heavy atom. The number of methoxy groups -OCH3 is 1. The lowest BCUT2D eigenvalue weighted by atomic mass is 10.2. The third kappa shape index (κ3) is 6.98. The van der Waals surface area contributed by atoms with Gasteiger partial charge in [-0.15, -0.1) is 0 Å². The molecule has 1 fully saturated rings. The first-order chi connectivity index (χ1) is 14.7. The number of rotatable bonds is 12. The van der Waals surface area contributed by atoms with Crippen LogP contribution in [0.25, 0.3) is 0 Å². The zero-order valence-electron chi connectivity index (χ0n) is 18.1. The summed E-state index contributed by atoms with van der Waals surface area (Å²) in [5, 5.41) is 14.6. The molecule has 0 aliphatic carbocycles. The molecular weight excluding hydrogens is 384 g/mol. The third-order valence-corrected chi connectivity index (χ3v) is 5.29. The number of hydrogen-bond donors (Lipinski definition) is 1. The van der Waals surface area contributed by atoms with Gasteiger partial charge >= 0.3 is 0 Å². The molecule has 2 heterocycles. The molecule has 166 valence electrons. The fraction of sp³-hybridized carbons (Fsp3) is 0.591. The molecule has 1 aliphatic rings. The van der Waals surface area contributed by atoms with Crippen LogP contribution in [0, 0.1) is 0 Å². The highest BCUT2D eigenvalue weighted by molar-refractivity contribution is 5.43. The van der Waals surface area contributed by atoms with Crippen LogP contribution in [0.1, 0.15) is 12.5 Å². The lowest BCUT2D eigenvalue weighted by Gasteiger charge is -2.28. The average molecular weight is 419 g/mol. The molecule has 0 spiro atoms. The van der Waals surface area contributed by atoms with Crippen molar-refractivity contribution >= 4 is 0 Å². The maximum Gasteiger partial charge on any atom is 0.161 e. The van der Waals surface area contributed by atoms with Gasteiger partial charge in [0.25, 0.3) is 0 Å². The predicted molar refractivity (Wildman–Crippen MR) is 115 cm³/mol. The van der Waals surface area contributed by atoms with E-state index in [-0.39, 0.29) is 6.61 Å². The van der Waals surface area contributed by atoms with Crippen molar-refractivity contribution in [1.82, 2.24) is 19.6 Å². The monoisotopic (exact) mass is 418 g/mol. The second-order valence-electron chi connectivity index (χ2n) is 7.50.